The summed E-state index contributed by atoms with van der Waals surface area (Å²) in [4.78, 5) is 10.4. The minimum Gasteiger partial charge on any atom is -0.504 e. The van der Waals surface area contributed by atoms with E-state index in [4.69, 9.17) is 10.5 Å². The van der Waals surface area contributed by atoms with Crippen LogP contribution in [0.3, 0.4) is 0 Å². The summed E-state index contributed by atoms with van der Waals surface area (Å²) >= 11 is 1.95. The van der Waals surface area contributed by atoms with Crippen molar-refractivity contribution < 1.29 is 14.6 Å². The molecule has 6 nitrogen and oxygen atoms in total. The highest BCUT2D eigenvalue weighted by Crippen LogP contribution is 2.32. The van der Waals surface area contributed by atoms with Crippen LogP contribution in [-0.4, -0.2) is 24.5 Å². The van der Waals surface area contributed by atoms with E-state index in [-0.39, 0.29) is 5.75 Å². The van der Waals surface area contributed by atoms with Gasteiger partial charge in [0.1, 0.15) is 0 Å². The second-order valence-corrected chi connectivity index (χ2v) is 3.83. The Morgan fingerprint density at radius 3 is 2.94 bits per heavy atom. The van der Waals surface area contributed by atoms with E-state index in [1.54, 1.807) is 12.1 Å². The van der Waals surface area contributed by atoms with Gasteiger partial charge in [-0.25, -0.2) is 10.2 Å². The molecule has 1 aromatic rings. The maximum atomic E-state index is 10.4. The third-order valence-electron chi connectivity index (χ3n) is 1.71. The molecule has 0 aromatic heterocycles. The standard InChI is InChI=1S/C9H10IN3O3/c1-16-6-3-2-5(7(10)8(6)14)4-12-13-9(11)15/h2-4,14H,1H3,(H3,11,13,15). The minimum absolute atomic E-state index is 0.0334. The number of phenols is 1. The van der Waals surface area contributed by atoms with Crippen LogP contribution in [-0.2, 0) is 0 Å². The van der Waals surface area contributed by atoms with Gasteiger partial charge in [-0.3, -0.25) is 0 Å². The van der Waals surface area contributed by atoms with E-state index in [0.717, 1.165) is 0 Å². The molecule has 0 bridgehead atoms. The van der Waals surface area contributed by atoms with Crippen molar-refractivity contribution in [2.45, 2.75) is 0 Å². The Hall–Kier alpha value is -1.51. The molecule has 86 valence electrons. The van der Waals surface area contributed by atoms with Crippen LogP contribution in [0, 0.1) is 3.57 Å². The molecule has 0 saturated heterocycles. The summed E-state index contributed by atoms with van der Waals surface area (Å²) in [5.74, 6) is 0.413. The Bertz CT molecular complexity index is 434. The topological polar surface area (TPSA) is 96.9 Å². The monoisotopic (exact) mass is 335 g/mol. The third-order valence-corrected chi connectivity index (χ3v) is 2.84. The van der Waals surface area contributed by atoms with Gasteiger partial charge in [-0.1, -0.05) is 0 Å². The lowest BCUT2D eigenvalue weighted by Gasteiger charge is -2.06. The maximum absolute atomic E-state index is 10.4. The number of hydrogen-bond donors (Lipinski definition) is 3. The van der Waals surface area contributed by atoms with E-state index in [2.05, 4.69) is 10.5 Å². The molecule has 0 unspecified atom stereocenters. The number of nitrogens with one attached hydrogen (secondary N) is 1. The van der Waals surface area contributed by atoms with Crippen molar-refractivity contribution in [2.24, 2.45) is 10.8 Å². The van der Waals surface area contributed by atoms with E-state index in [0.29, 0.717) is 14.9 Å². The lowest BCUT2D eigenvalue weighted by Crippen LogP contribution is -2.24. The average molecular weight is 335 g/mol. The summed E-state index contributed by atoms with van der Waals surface area (Å²) in [5, 5.41) is 13.3. The molecule has 0 aliphatic rings. The predicted octanol–water partition coefficient (Wildman–Crippen LogP) is 1.01. The molecule has 16 heavy (non-hydrogen) atoms. The molecule has 2 amide bonds. The molecule has 7 heteroatoms. The van der Waals surface area contributed by atoms with Crippen LogP contribution in [0.4, 0.5) is 4.79 Å². The Morgan fingerprint density at radius 1 is 1.69 bits per heavy atom. The second kappa shape index (κ2) is 5.54. The van der Waals surface area contributed by atoms with E-state index in [9.17, 15) is 9.90 Å². The van der Waals surface area contributed by atoms with Crippen molar-refractivity contribution in [1.29, 1.82) is 0 Å². The van der Waals surface area contributed by atoms with Crippen molar-refractivity contribution in [1.82, 2.24) is 5.43 Å². The van der Waals surface area contributed by atoms with Gasteiger partial charge in [-0.05, 0) is 34.7 Å². The number of halogens is 1. The fraction of sp³-hybridized carbons (Fsp3) is 0.111. The first-order valence-corrected chi connectivity index (χ1v) is 5.28. The first-order valence-electron chi connectivity index (χ1n) is 4.20. The van der Waals surface area contributed by atoms with E-state index >= 15 is 0 Å². The van der Waals surface area contributed by atoms with Gasteiger partial charge in [0.05, 0.1) is 16.9 Å². The minimum atomic E-state index is -0.746. The van der Waals surface area contributed by atoms with Crippen molar-refractivity contribution in [3.05, 3.63) is 21.3 Å². The molecule has 1 aromatic carbocycles. The van der Waals surface area contributed by atoms with Gasteiger partial charge in [0.2, 0.25) is 0 Å². The molecule has 0 aliphatic heterocycles. The van der Waals surface area contributed by atoms with Crippen molar-refractivity contribution in [3.63, 3.8) is 0 Å². The summed E-state index contributed by atoms with van der Waals surface area (Å²) in [6, 6.07) is 2.55. The number of nitrogens with zero attached hydrogens (tertiary/aromatic N) is 1. The number of aromatic hydroxyl groups is 1. The lowest BCUT2D eigenvalue weighted by molar-refractivity contribution is 0.249. The lowest BCUT2D eigenvalue weighted by atomic mass is 10.2. The molecule has 0 spiro atoms. The highest BCUT2D eigenvalue weighted by molar-refractivity contribution is 14.1. The van der Waals surface area contributed by atoms with Gasteiger partial charge in [0.25, 0.3) is 0 Å². The predicted molar refractivity (Wildman–Crippen MR) is 67.7 cm³/mol. The number of urea groups is 1. The zero-order valence-electron chi connectivity index (χ0n) is 8.40. The molecule has 0 aliphatic carbocycles. The second-order valence-electron chi connectivity index (χ2n) is 2.75. The van der Waals surface area contributed by atoms with E-state index < -0.39 is 6.03 Å². The summed E-state index contributed by atoms with van der Waals surface area (Å²) in [7, 11) is 1.47. The van der Waals surface area contributed by atoms with Crippen LogP contribution in [0.5, 0.6) is 11.5 Å². The maximum Gasteiger partial charge on any atom is 0.332 e. The third kappa shape index (κ3) is 2.99. The number of nitrogens with two attached hydrogens (primary N) is 1. The first-order chi connectivity index (χ1) is 7.56. The number of hydrazone groups is 1. The van der Waals surface area contributed by atoms with Crippen LogP contribution in [0.15, 0.2) is 17.2 Å². The van der Waals surface area contributed by atoms with Gasteiger partial charge >= 0.3 is 6.03 Å². The zero-order valence-corrected chi connectivity index (χ0v) is 10.6. The Kier molecular flexibility index (Phi) is 4.35. The van der Waals surface area contributed by atoms with Crippen molar-refractivity contribution in [3.8, 4) is 11.5 Å². The summed E-state index contributed by atoms with van der Waals surface area (Å²) in [6.45, 7) is 0. The van der Waals surface area contributed by atoms with E-state index in [1.165, 1.54) is 13.3 Å². The van der Waals surface area contributed by atoms with Crippen LogP contribution in [0.25, 0.3) is 0 Å². The summed E-state index contributed by atoms with van der Waals surface area (Å²) < 4.78 is 5.51. The number of hydrogen-bond acceptors (Lipinski definition) is 4. The van der Waals surface area contributed by atoms with Crippen LogP contribution < -0.4 is 15.9 Å². The number of carbonyl (C=O) groups is 1. The number of rotatable bonds is 3. The van der Waals surface area contributed by atoms with Crippen LogP contribution in [0.1, 0.15) is 5.56 Å². The smallest absolute Gasteiger partial charge is 0.332 e. The number of methoxy groups -OCH3 is 1. The van der Waals surface area contributed by atoms with E-state index in [1.807, 2.05) is 22.6 Å². The number of amides is 2. The van der Waals surface area contributed by atoms with Crippen LogP contribution in [0.2, 0.25) is 0 Å². The van der Waals surface area contributed by atoms with Gasteiger partial charge in [0.15, 0.2) is 11.5 Å². The fourth-order valence-electron chi connectivity index (χ4n) is 0.992. The molecule has 0 radical (unpaired) electrons. The SMILES string of the molecule is COc1ccc(C=NNC(N)=O)c(I)c1O. The summed E-state index contributed by atoms with van der Waals surface area (Å²) in [5.41, 5.74) is 7.54. The quantitative estimate of drug-likeness (QED) is 0.437. The Labute approximate surface area is 106 Å². The zero-order chi connectivity index (χ0) is 12.1. The van der Waals surface area contributed by atoms with Crippen molar-refractivity contribution >= 4 is 34.8 Å². The van der Waals surface area contributed by atoms with Gasteiger partial charge in [-0.2, -0.15) is 5.10 Å². The molecular weight excluding hydrogens is 325 g/mol. The highest BCUT2D eigenvalue weighted by atomic mass is 127. The Balaban J connectivity index is 2.94. The van der Waals surface area contributed by atoms with Crippen molar-refractivity contribution in [2.75, 3.05) is 7.11 Å². The Morgan fingerprint density at radius 2 is 2.38 bits per heavy atom. The number of benzene rings is 1. The number of carbonyl (C=O) groups excluding carboxylic acids is 1. The molecule has 0 fully saturated rings. The normalized spacial score (nSPS) is 10.4. The first kappa shape index (κ1) is 12.6. The number of ether oxygens (including phenoxy) is 1. The largest absolute Gasteiger partial charge is 0.504 e. The molecular formula is C9H10IN3O3. The number of phenolic OH excluding ortho intramolecular Hbond substituents is 1. The molecule has 1 rings (SSSR count). The molecule has 0 heterocycles. The number of primary amides is 1. The molecule has 0 atom stereocenters. The molecule has 0 saturated carbocycles. The van der Waals surface area contributed by atoms with Gasteiger partial charge in [-0.15, -0.1) is 0 Å². The van der Waals surface area contributed by atoms with Crippen LogP contribution >= 0.6 is 22.6 Å². The van der Waals surface area contributed by atoms with Gasteiger partial charge < -0.3 is 15.6 Å². The highest BCUT2D eigenvalue weighted by Gasteiger charge is 2.08. The average Bonchev–Trinajstić information content (AvgIpc) is 2.24. The summed E-state index contributed by atoms with van der Waals surface area (Å²) in [6.07, 6.45) is 1.38. The molecule has 4 N–H and O–H groups in total. The van der Waals surface area contributed by atoms with Gasteiger partial charge in [0, 0.05) is 5.56 Å². The fourth-order valence-corrected chi connectivity index (χ4v) is 1.58.